The van der Waals surface area contributed by atoms with Gasteiger partial charge in [0.05, 0.1) is 0 Å². The van der Waals surface area contributed by atoms with Gasteiger partial charge in [-0.2, -0.15) is 0 Å². The van der Waals surface area contributed by atoms with Crippen LogP contribution in [-0.4, -0.2) is 11.9 Å². The molecule has 2 aliphatic carbocycles. The van der Waals surface area contributed by atoms with E-state index in [-0.39, 0.29) is 16.7 Å². The number of nitrogens with one attached hydrogen (secondary N) is 1. The third-order valence-electron chi connectivity index (χ3n) is 5.37. The quantitative estimate of drug-likeness (QED) is 0.845. The molecule has 3 unspecified atom stereocenters. The van der Waals surface area contributed by atoms with Crippen molar-refractivity contribution in [1.82, 2.24) is 5.32 Å². The predicted molar refractivity (Wildman–Crippen MR) is 82.5 cm³/mol. The molecule has 104 valence electrons. The second-order valence-electron chi connectivity index (χ2n) is 6.92. The molecule has 2 fully saturated rings. The molecule has 1 aromatic heterocycles. The number of rotatable bonds is 2. The van der Waals surface area contributed by atoms with E-state index in [9.17, 15) is 4.79 Å². The van der Waals surface area contributed by atoms with Crippen molar-refractivity contribution in [3.8, 4) is 0 Å². The summed E-state index contributed by atoms with van der Waals surface area (Å²) in [5, 5.41) is 5.28. The Hall–Kier alpha value is -0.350. The zero-order valence-electron chi connectivity index (χ0n) is 11.6. The summed E-state index contributed by atoms with van der Waals surface area (Å²) in [4.78, 5) is 13.3. The van der Waals surface area contributed by atoms with Crippen LogP contribution in [0.2, 0.25) is 0 Å². The number of thiophene rings is 1. The summed E-state index contributed by atoms with van der Waals surface area (Å²) in [6, 6.07) is 2.23. The second-order valence-corrected chi connectivity index (χ2v) is 8.69. The van der Waals surface area contributed by atoms with Gasteiger partial charge in [-0.3, -0.25) is 4.79 Å². The number of hydrogen-bond donors (Lipinski definition) is 1. The van der Waals surface area contributed by atoms with Crippen molar-refractivity contribution in [2.24, 2.45) is 16.7 Å². The summed E-state index contributed by atoms with van der Waals surface area (Å²) in [5.74, 6) is 0.836. The Kier molecular flexibility index (Phi) is 3.10. The van der Waals surface area contributed by atoms with Gasteiger partial charge in [0, 0.05) is 10.5 Å². The molecule has 2 nitrogen and oxygen atoms in total. The van der Waals surface area contributed by atoms with E-state index in [1.807, 2.05) is 11.4 Å². The van der Waals surface area contributed by atoms with Crippen molar-refractivity contribution in [3.05, 3.63) is 20.8 Å². The SMILES string of the molecule is CC12CCC(C1)C(C)(C)C2NC(=O)c1sccc1Br. The van der Waals surface area contributed by atoms with Gasteiger partial charge in [0.25, 0.3) is 5.91 Å². The Bertz CT molecular complexity index is 519. The van der Waals surface area contributed by atoms with Crippen molar-refractivity contribution in [3.63, 3.8) is 0 Å². The molecule has 3 atom stereocenters. The fourth-order valence-corrected chi connectivity index (χ4v) is 5.77. The van der Waals surface area contributed by atoms with Crippen LogP contribution in [0.3, 0.4) is 0 Å². The molecule has 1 heterocycles. The standard InChI is InChI=1S/C15H20BrNOS/c1-14(2)9-4-6-15(3,8-9)13(14)17-12(18)11-10(16)5-7-19-11/h5,7,9,13H,4,6,8H2,1-3H3,(H,17,18). The van der Waals surface area contributed by atoms with E-state index >= 15 is 0 Å². The molecule has 3 rings (SSSR count). The Balaban J connectivity index is 1.84. The average molecular weight is 342 g/mol. The van der Waals surface area contributed by atoms with Crippen molar-refractivity contribution in [2.75, 3.05) is 0 Å². The molecule has 0 saturated heterocycles. The maximum atomic E-state index is 12.5. The lowest BCUT2D eigenvalue weighted by molar-refractivity contribution is 0.0740. The van der Waals surface area contributed by atoms with E-state index in [2.05, 4.69) is 42.0 Å². The molecule has 1 N–H and O–H groups in total. The Labute approximate surface area is 127 Å². The summed E-state index contributed by atoms with van der Waals surface area (Å²) in [7, 11) is 0. The van der Waals surface area contributed by atoms with Crippen LogP contribution in [0.25, 0.3) is 0 Å². The first-order valence-corrected chi connectivity index (χ1v) is 8.56. The first-order chi connectivity index (χ1) is 8.84. The Morgan fingerprint density at radius 1 is 1.47 bits per heavy atom. The monoisotopic (exact) mass is 341 g/mol. The maximum absolute atomic E-state index is 12.5. The lowest BCUT2D eigenvalue weighted by Crippen LogP contribution is -2.52. The molecular weight excluding hydrogens is 322 g/mol. The van der Waals surface area contributed by atoms with Crippen LogP contribution in [0.15, 0.2) is 15.9 Å². The molecule has 0 radical (unpaired) electrons. The number of carbonyl (C=O) groups is 1. The lowest BCUT2D eigenvalue weighted by atomic mass is 9.68. The van der Waals surface area contributed by atoms with Crippen LogP contribution in [0.1, 0.15) is 49.7 Å². The second kappa shape index (κ2) is 4.32. The highest BCUT2D eigenvalue weighted by Gasteiger charge is 2.59. The van der Waals surface area contributed by atoms with Gasteiger partial charge >= 0.3 is 0 Å². The first-order valence-electron chi connectivity index (χ1n) is 6.88. The first kappa shape index (κ1) is 13.6. The zero-order valence-corrected chi connectivity index (χ0v) is 14.0. The van der Waals surface area contributed by atoms with E-state index in [0.717, 1.165) is 15.3 Å². The van der Waals surface area contributed by atoms with Crippen LogP contribution < -0.4 is 5.32 Å². The highest BCUT2D eigenvalue weighted by atomic mass is 79.9. The molecular formula is C15H20BrNOS. The average Bonchev–Trinajstić information content (AvgIpc) is 2.95. The number of hydrogen-bond acceptors (Lipinski definition) is 2. The highest BCUT2D eigenvalue weighted by molar-refractivity contribution is 9.10. The van der Waals surface area contributed by atoms with Crippen molar-refractivity contribution in [1.29, 1.82) is 0 Å². The molecule has 2 bridgehead atoms. The van der Waals surface area contributed by atoms with Gasteiger partial charge in [-0.1, -0.05) is 20.8 Å². The number of carbonyl (C=O) groups excluding carboxylic acids is 1. The van der Waals surface area contributed by atoms with Gasteiger partial charge in [0.1, 0.15) is 4.88 Å². The van der Waals surface area contributed by atoms with Crippen LogP contribution in [0.5, 0.6) is 0 Å². The predicted octanol–water partition coefficient (Wildman–Crippen LogP) is 4.46. The summed E-state index contributed by atoms with van der Waals surface area (Å²) >= 11 is 4.95. The fraction of sp³-hybridized carbons (Fsp3) is 0.667. The van der Waals surface area contributed by atoms with Gasteiger partial charge in [0.2, 0.25) is 0 Å². The lowest BCUT2D eigenvalue weighted by Gasteiger charge is -2.43. The summed E-state index contributed by atoms with van der Waals surface area (Å²) in [5.41, 5.74) is 0.500. The summed E-state index contributed by atoms with van der Waals surface area (Å²) in [6.07, 6.45) is 3.83. The molecule has 2 aliphatic rings. The van der Waals surface area contributed by atoms with Crippen LogP contribution in [0.4, 0.5) is 0 Å². The maximum Gasteiger partial charge on any atom is 0.262 e. The molecule has 1 amide bonds. The molecule has 4 heteroatoms. The van der Waals surface area contributed by atoms with E-state index in [1.165, 1.54) is 30.6 Å². The summed E-state index contributed by atoms with van der Waals surface area (Å²) in [6.45, 7) is 6.98. The van der Waals surface area contributed by atoms with Gasteiger partial charge in [-0.25, -0.2) is 0 Å². The number of halogens is 1. The van der Waals surface area contributed by atoms with Gasteiger partial charge in [0.15, 0.2) is 0 Å². The molecule has 19 heavy (non-hydrogen) atoms. The van der Waals surface area contributed by atoms with Crippen LogP contribution in [0, 0.1) is 16.7 Å². The van der Waals surface area contributed by atoms with Gasteiger partial charge in [-0.15, -0.1) is 11.3 Å². The molecule has 0 spiro atoms. The Morgan fingerprint density at radius 2 is 2.21 bits per heavy atom. The fourth-order valence-electron chi connectivity index (χ4n) is 4.31. The number of fused-ring (bicyclic) bond motifs is 2. The minimum absolute atomic E-state index is 0.0775. The van der Waals surface area contributed by atoms with Gasteiger partial charge < -0.3 is 5.32 Å². The van der Waals surface area contributed by atoms with Gasteiger partial charge in [-0.05, 0) is 63.4 Å². The highest BCUT2D eigenvalue weighted by Crippen LogP contribution is 2.62. The summed E-state index contributed by atoms with van der Waals surface area (Å²) < 4.78 is 0.904. The molecule has 0 aliphatic heterocycles. The van der Waals surface area contributed by atoms with Crippen LogP contribution >= 0.6 is 27.3 Å². The number of amides is 1. The van der Waals surface area contributed by atoms with Crippen molar-refractivity contribution in [2.45, 2.75) is 46.1 Å². The molecule has 0 aromatic carbocycles. The van der Waals surface area contributed by atoms with E-state index in [0.29, 0.717) is 6.04 Å². The zero-order chi connectivity index (χ0) is 13.8. The third-order valence-corrected chi connectivity index (χ3v) is 7.21. The molecule has 1 aromatic rings. The smallest absolute Gasteiger partial charge is 0.262 e. The van der Waals surface area contributed by atoms with Crippen LogP contribution in [-0.2, 0) is 0 Å². The Morgan fingerprint density at radius 3 is 2.74 bits per heavy atom. The van der Waals surface area contributed by atoms with E-state index in [4.69, 9.17) is 0 Å². The van der Waals surface area contributed by atoms with E-state index in [1.54, 1.807) is 0 Å². The van der Waals surface area contributed by atoms with E-state index < -0.39 is 0 Å². The topological polar surface area (TPSA) is 29.1 Å². The molecule has 2 saturated carbocycles. The third kappa shape index (κ3) is 1.99. The van der Waals surface area contributed by atoms with Crippen molar-refractivity contribution < 1.29 is 4.79 Å². The minimum atomic E-state index is 0.0775. The minimum Gasteiger partial charge on any atom is -0.347 e. The van der Waals surface area contributed by atoms with Crippen molar-refractivity contribution >= 4 is 33.2 Å². The largest absolute Gasteiger partial charge is 0.347 e. The normalized spacial score (nSPS) is 35.6.